The van der Waals surface area contributed by atoms with E-state index in [4.69, 9.17) is 17.3 Å². The van der Waals surface area contributed by atoms with E-state index in [1.54, 1.807) is 6.07 Å². The van der Waals surface area contributed by atoms with Gasteiger partial charge in [0, 0.05) is 17.5 Å². The molecule has 0 aliphatic carbocycles. The molecule has 0 saturated carbocycles. The minimum absolute atomic E-state index is 0.139. The van der Waals surface area contributed by atoms with Crippen LogP contribution in [0.25, 0.3) is 11.3 Å². The zero-order valence-electron chi connectivity index (χ0n) is 10.1. The van der Waals surface area contributed by atoms with Gasteiger partial charge in [0.05, 0.1) is 10.7 Å². The third-order valence-corrected chi connectivity index (χ3v) is 2.81. The molecular weight excluding hydrogens is 253 g/mol. The van der Waals surface area contributed by atoms with Gasteiger partial charge in [-0.1, -0.05) is 25.4 Å². The van der Waals surface area contributed by atoms with E-state index in [0.29, 0.717) is 27.9 Å². The number of halogens is 2. The lowest BCUT2D eigenvalue weighted by Crippen LogP contribution is -2.03. The van der Waals surface area contributed by atoms with E-state index in [1.165, 1.54) is 18.2 Å². The zero-order chi connectivity index (χ0) is 13.3. The van der Waals surface area contributed by atoms with Crippen LogP contribution in [-0.2, 0) is 0 Å². The number of nitrogens with zero attached hydrogens (tertiary/aromatic N) is 2. The van der Waals surface area contributed by atoms with Gasteiger partial charge in [-0.3, -0.25) is 0 Å². The molecule has 0 amide bonds. The summed E-state index contributed by atoms with van der Waals surface area (Å²) in [6.07, 6.45) is 0. The maximum Gasteiger partial charge on any atom is 0.133 e. The van der Waals surface area contributed by atoms with Crippen LogP contribution in [0.3, 0.4) is 0 Å². The maximum absolute atomic E-state index is 13.3. The van der Waals surface area contributed by atoms with Crippen LogP contribution in [0.15, 0.2) is 24.3 Å². The van der Waals surface area contributed by atoms with Crippen molar-refractivity contribution < 1.29 is 4.39 Å². The van der Waals surface area contributed by atoms with Crippen molar-refractivity contribution in [2.24, 2.45) is 0 Å². The molecule has 0 aliphatic rings. The van der Waals surface area contributed by atoms with Gasteiger partial charge in [-0.25, -0.2) is 14.4 Å². The molecular formula is C13H13ClFN3. The minimum Gasteiger partial charge on any atom is -0.384 e. The highest BCUT2D eigenvalue weighted by Crippen LogP contribution is 2.28. The molecule has 1 aromatic carbocycles. The lowest BCUT2D eigenvalue weighted by Gasteiger charge is -2.09. The second-order valence-electron chi connectivity index (χ2n) is 4.32. The van der Waals surface area contributed by atoms with E-state index in [0.717, 1.165) is 0 Å². The Kier molecular flexibility index (Phi) is 3.48. The first-order valence-electron chi connectivity index (χ1n) is 5.57. The number of nitrogens with two attached hydrogens (primary N) is 1. The Labute approximate surface area is 110 Å². The Morgan fingerprint density at radius 2 is 1.94 bits per heavy atom. The highest BCUT2D eigenvalue weighted by molar-refractivity contribution is 6.33. The SMILES string of the molecule is CC(C)c1nc(N)cc(-c2cc(F)ccc2Cl)n1. The van der Waals surface area contributed by atoms with Crippen molar-refractivity contribution in [2.75, 3.05) is 5.73 Å². The van der Waals surface area contributed by atoms with E-state index in [9.17, 15) is 4.39 Å². The van der Waals surface area contributed by atoms with Crippen LogP contribution in [0.5, 0.6) is 0 Å². The van der Waals surface area contributed by atoms with Crippen LogP contribution in [0.2, 0.25) is 5.02 Å². The van der Waals surface area contributed by atoms with Gasteiger partial charge in [0.2, 0.25) is 0 Å². The molecule has 2 aromatic rings. The molecule has 3 nitrogen and oxygen atoms in total. The third-order valence-electron chi connectivity index (χ3n) is 2.48. The van der Waals surface area contributed by atoms with Crippen LogP contribution in [0, 0.1) is 5.82 Å². The summed E-state index contributed by atoms with van der Waals surface area (Å²) in [4.78, 5) is 8.50. The normalized spacial score (nSPS) is 10.9. The van der Waals surface area contributed by atoms with Crippen LogP contribution in [-0.4, -0.2) is 9.97 Å². The van der Waals surface area contributed by atoms with Crippen LogP contribution >= 0.6 is 11.6 Å². The molecule has 1 heterocycles. The van der Waals surface area contributed by atoms with Crippen molar-refractivity contribution in [3.63, 3.8) is 0 Å². The highest BCUT2D eigenvalue weighted by atomic mass is 35.5. The van der Waals surface area contributed by atoms with Crippen molar-refractivity contribution in [1.29, 1.82) is 0 Å². The molecule has 0 fully saturated rings. The lowest BCUT2D eigenvalue weighted by molar-refractivity contribution is 0.628. The molecule has 0 saturated heterocycles. The number of hydrogen-bond acceptors (Lipinski definition) is 3. The van der Waals surface area contributed by atoms with Crippen molar-refractivity contribution in [3.05, 3.63) is 40.9 Å². The van der Waals surface area contributed by atoms with Crippen molar-refractivity contribution in [3.8, 4) is 11.3 Å². The Balaban J connectivity index is 2.60. The molecule has 0 atom stereocenters. The van der Waals surface area contributed by atoms with Crippen LogP contribution in [0.1, 0.15) is 25.6 Å². The number of nitrogen functional groups attached to an aromatic ring is 1. The highest BCUT2D eigenvalue weighted by Gasteiger charge is 2.11. The van der Waals surface area contributed by atoms with Crippen molar-refractivity contribution in [2.45, 2.75) is 19.8 Å². The van der Waals surface area contributed by atoms with Crippen molar-refractivity contribution in [1.82, 2.24) is 9.97 Å². The summed E-state index contributed by atoms with van der Waals surface area (Å²) in [6.45, 7) is 3.93. The molecule has 1 aromatic heterocycles. The van der Waals surface area contributed by atoms with E-state index in [-0.39, 0.29) is 11.7 Å². The number of aromatic nitrogens is 2. The van der Waals surface area contributed by atoms with Gasteiger partial charge in [0.25, 0.3) is 0 Å². The fourth-order valence-electron chi connectivity index (χ4n) is 1.58. The van der Waals surface area contributed by atoms with E-state index in [1.807, 2.05) is 13.8 Å². The Morgan fingerprint density at radius 1 is 1.22 bits per heavy atom. The first-order chi connectivity index (χ1) is 8.47. The van der Waals surface area contributed by atoms with E-state index in [2.05, 4.69) is 9.97 Å². The first-order valence-corrected chi connectivity index (χ1v) is 5.95. The fourth-order valence-corrected chi connectivity index (χ4v) is 1.79. The summed E-state index contributed by atoms with van der Waals surface area (Å²) < 4.78 is 13.3. The van der Waals surface area contributed by atoms with Gasteiger partial charge in [-0.05, 0) is 18.2 Å². The predicted molar refractivity (Wildman–Crippen MR) is 70.9 cm³/mol. The molecule has 2 N–H and O–H groups in total. The number of hydrogen-bond donors (Lipinski definition) is 1. The zero-order valence-corrected chi connectivity index (χ0v) is 10.9. The molecule has 0 bridgehead atoms. The molecule has 5 heteroatoms. The van der Waals surface area contributed by atoms with Gasteiger partial charge in [-0.2, -0.15) is 0 Å². The third kappa shape index (κ3) is 2.59. The minimum atomic E-state index is -0.363. The van der Waals surface area contributed by atoms with Gasteiger partial charge < -0.3 is 5.73 Å². The molecule has 18 heavy (non-hydrogen) atoms. The van der Waals surface area contributed by atoms with E-state index < -0.39 is 0 Å². The first kappa shape index (κ1) is 12.8. The Bertz CT molecular complexity index is 584. The summed E-state index contributed by atoms with van der Waals surface area (Å²) in [5.41, 5.74) is 6.79. The fraction of sp³-hybridized carbons (Fsp3) is 0.231. The Morgan fingerprint density at radius 3 is 2.61 bits per heavy atom. The topological polar surface area (TPSA) is 51.8 Å². The second kappa shape index (κ2) is 4.90. The summed E-state index contributed by atoms with van der Waals surface area (Å²) in [7, 11) is 0. The van der Waals surface area contributed by atoms with Crippen LogP contribution in [0.4, 0.5) is 10.2 Å². The molecule has 2 rings (SSSR count). The van der Waals surface area contributed by atoms with Gasteiger partial charge >= 0.3 is 0 Å². The number of rotatable bonds is 2. The van der Waals surface area contributed by atoms with Gasteiger partial charge in [0.1, 0.15) is 17.5 Å². The molecule has 0 unspecified atom stereocenters. The van der Waals surface area contributed by atoms with Crippen molar-refractivity contribution >= 4 is 17.4 Å². The molecule has 0 aliphatic heterocycles. The number of benzene rings is 1. The smallest absolute Gasteiger partial charge is 0.133 e. The Hall–Kier alpha value is -1.68. The average Bonchev–Trinajstić information content (AvgIpc) is 2.31. The maximum atomic E-state index is 13.3. The summed E-state index contributed by atoms with van der Waals surface area (Å²) in [5, 5.41) is 0.434. The van der Waals surface area contributed by atoms with Crippen LogP contribution < -0.4 is 5.73 Å². The standard InChI is InChI=1S/C13H13ClFN3/c1-7(2)13-17-11(6-12(16)18-13)9-5-8(15)3-4-10(9)14/h3-7H,1-2H3,(H2,16,17,18). The van der Waals surface area contributed by atoms with Gasteiger partial charge in [-0.15, -0.1) is 0 Å². The summed E-state index contributed by atoms with van der Waals surface area (Å²) in [5.74, 6) is 0.742. The molecule has 94 valence electrons. The second-order valence-corrected chi connectivity index (χ2v) is 4.72. The quantitative estimate of drug-likeness (QED) is 0.902. The average molecular weight is 266 g/mol. The largest absolute Gasteiger partial charge is 0.384 e. The predicted octanol–water partition coefficient (Wildman–Crippen LogP) is 3.64. The monoisotopic (exact) mass is 265 g/mol. The summed E-state index contributed by atoms with van der Waals surface area (Å²) >= 11 is 6.05. The lowest BCUT2D eigenvalue weighted by atomic mass is 10.1. The van der Waals surface area contributed by atoms with Gasteiger partial charge in [0.15, 0.2) is 0 Å². The summed E-state index contributed by atoms with van der Waals surface area (Å²) in [6, 6.07) is 5.74. The van der Waals surface area contributed by atoms with E-state index >= 15 is 0 Å². The molecule has 0 spiro atoms. The molecule has 0 radical (unpaired) electrons. The number of anilines is 1.